The standard InChI is InChI=1S/C12H9ClN2O2/c1-17-12-3-2-8(13)4-10(12)11-5-9(6-16)14-7-15-11/h2-7H,1H3. The molecule has 1 aromatic carbocycles. The SMILES string of the molecule is COc1ccc(Cl)cc1-c1cc(C=O)ncn1. The lowest BCUT2D eigenvalue weighted by atomic mass is 10.1. The molecule has 0 N–H and O–H groups in total. The molecule has 1 aromatic heterocycles. The number of carbonyl (C=O) groups excluding carboxylic acids is 1. The van der Waals surface area contributed by atoms with Gasteiger partial charge >= 0.3 is 0 Å². The van der Waals surface area contributed by atoms with Crippen molar-refractivity contribution >= 4 is 17.9 Å². The topological polar surface area (TPSA) is 52.1 Å². The van der Waals surface area contributed by atoms with Gasteiger partial charge in [0.1, 0.15) is 17.8 Å². The molecule has 0 fully saturated rings. The summed E-state index contributed by atoms with van der Waals surface area (Å²) in [5.41, 5.74) is 1.64. The van der Waals surface area contributed by atoms with E-state index in [9.17, 15) is 4.79 Å². The van der Waals surface area contributed by atoms with Crippen molar-refractivity contribution in [3.8, 4) is 17.0 Å². The summed E-state index contributed by atoms with van der Waals surface area (Å²) in [6, 6.07) is 6.80. The summed E-state index contributed by atoms with van der Waals surface area (Å²) < 4.78 is 5.22. The van der Waals surface area contributed by atoms with Crippen molar-refractivity contribution in [1.29, 1.82) is 0 Å². The third-order valence-electron chi connectivity index (χ3n) is 2.25. The summed E-state index contributed by atoms with van der Waals surface area (Å²) in [6.07, 6.45) is 2.00. The van der Waals surface area contributed by atoms with Gasteiger partial charge in [0.15, 0.2) is 6.29 Å². The highest BCUT2D eigenvalue weighted by Crippen LogP contribution is 2.31. The number of benzene rings is 1. The third kappa shape index (κ3) is 2.42. The smallest absolute Gasteiger partial charge is 0.168 e. The Bertz CT molecular complexity index is 558. The normalized spacial score (nSPS) is 10.0. The van der Waals surface area contributed by atoms with Crippen LogP contribution in [0.25, 0.3) is 11.3 Å². The molecule has 0 amide bonds. The van der Waals surface area contributed by atoms with Crippen LogP contribution in [0, 0.1) is 0 Å². The van der Waals surface area contributed by atoms with Crippen molar-refractivity contribution < 1.29 is 9.53 Å². The van der Waals surface area contributed by atoms with E-state index in [1.165, 1.54) is 6.33 Å². The highest BCUT2D eigenvalue weighted by Gasteiger charge is 2.08. The Hall–Kier alpha value is -1.94. The van der Waals surface area contributed by atoms with Gasteiger partial charge in [-0.25, -0.2) is 9.97 Å². The average Bonchev–Trinajstić information content (AvgIpc) is 2.39. The zero-order chi connectivity index (χ0) is 12.3. The van der Waals surface area contributed by atoms with Gasteiger partial charge in [0, 0.05) is 10.6 Å². The van der Waals surface area contributed by atoms with Crippen LogP contribution in [0.1, 0.15) is 10.5 Å². The molecule has 0 aliphatic heterocycles. The number of ether oxygens (including phenoxy) is 1. The fraction of sp³-hybridized carbons (Fsp3) is 0.0833. The Morgan fingerprint density at radius 3 is 2.82 bits per heavy atom. The van der Waals surface area contributed by atoms with E-state index in [-0.39, 0.29) is 0 Å². The first kappa shape index (κ1) is 11.5. The molecule has 0 aliphatic rings. The van der Waals surface area contributed by atoms with E-state index >= 15 is 0 Å². The lowest BCUT2D eigenvalue weighted by Gasteiger charge is -2.08. The number of methoxy groups -OCH3 is 1. The number of rotatable bonds is 3. The number of nitrogens with zero attached hydrogens (tertiary/aromatic N) is 2. The van der Waals surface area contributed by atoms with Crippen molar-refractivity contribution in [2.45, 2.75) is 0 Å². The number of hydrogen-bond acceptors (Lipinski definition) is 4. The van der Waals surface area contributed by atoms with E-state index in [4.69, 9.17) is 16.3 Å². The van der Waals surface area contributed by atoms with Crippen molar-refractivity contribution in [1.82, 2.24) is 9.97 Å². The molecule has 0 atom stereocenters. The summed E-state index contributed by atoms with van der Waals surface area (Å²) in [5.74, 6) is 0.643. The van der Waals surface area contributed by atoms with Crippen LogP contribution < -0.4 is 4.74 Å². The van der Waals surface area contributed by atoms with Gasteiger partial charge in [-0.2, -0.15) is 0 Å². The molecule has 1 heterocycles. The van der Waals surface area contributed by atoms with Gasteiger partial charge in [-0.05, 0) is 24.3 Å². The fourth-order valence-corrected chi connectivity index (χ4v) is 1.64. The molecule has 0 unspecified atom stereocenters. The number of aromatic nitrogens is 2. The summed E-state index contributed by atoms with van der Waals surface area (Å²) in [4.78, 5) is 18.6. The second-order valence-corrected chi connectivity index (χ2v) is 3.73. The van der Waals surface area contributed by atoms with Gasteiger partial charge in [-0.1, -0.05) is 11.6 Å². The second kappa shape index (κ2) is 4.93. The molecule has 0 radical (unpaired) electrons. The van der Waals surface area contributed by atoms with Gasteiger partial charge < -0.3 is 4.74 Å². The molecule has 2 rings (SSSR count). The molecule has 4 nitrogen and oxygen atoms in total. The highest BCUT2D eigenvalue weighted by molar-refractivity contribution is 6.30. The molecule has 5 heteroatoms. The van der Waals surface area contributed by atoms with E-state index in [0.29, 0.717) is 28.4 Å². The number of hydrogen-bond donors (Lipinski definition) is 0. The number of halogens is 1. The van der Waals surface area contributed by atoms with Crippen LogP contribution in [0.2, 0.25) is 5.02 Å². The van der Waals surface area contributed by atoms with Gasteiger partial charge in [-0.15, -0.1) is 0 Å². The lowest BCUT2D eigenvalue weighted by molar-refractivity contribution is 0.111. The first-order valence-electron chi connectivity index (χ1n) is 4.85. The molecule has 17 heavy (non-hydrogen) atoms. The molecule has 2 aromatic rings. The summed E-state index contributed by atoms with van der Waals surface area (Å²) >= 11 is 5.93. The molecule has 86 valence electrons. The van der Waals surface area contributed by atoms with Crippen molar-refractivity contribution in [2.75, 3.05) is 7.11 Å². The molecule has 0 aliphatic carbocycles. The quantitative estimate of drug-likeness (QED) is 0.784. The Balaban J connectivity index is 2.58. The molecule has 0 saturated carbocycles. The first-order chi connectivity index (χ1) is 8.24. The minimum atomic E-state index is 0.317. The summed E-state index contributed by atoms with van der Waals surface area (Å²) in [7, 11) is 1.56. The van der Waals surface area contributed by atoms with E-state index in [1.807, 2.05) is 0 Å². The van der Waals surface area contributed by atoms with Crippen LogP contribution in [0.3, 0.4) is 0 Å². The molecule has 0 spiro atoms. The number of carbonyl (C=O) groups is 1. The third-order valence-corrected chi connectivity index (χ3v) is 2.48. The maximum Gasteiger partial charge on any atom is 0.168 e. The minimum Gasteiger partial charge on any atom is -0.496 e. The summed E-state index contributed by atoms with van der Waals surface area (Å²) in [5, 5.41) is 0.576. The Morgan fingerprint density at radius 2 is 2.12 bits per heavy atom. The van der Waals surface area contributed by atoms with Crippen molar-refractivity contribution in [3.63, 3.8) is 0 Å². The molecular formula is C12H9ClN2O2. The lowest BCUT2D eigenvalue weighted by Crippen LogP contribution is -1.94. The molecule has 0 saturated heterocycles. The van der Waals surface area contributed by atoms with Gasteiger partial charge in [0.25, 0.3) is 0 Å². The minimum absolute atomic E-state index is 0.317. The van der Waals surface area contributed by atoms with Crippen LogP contribution in [-0.2, 0) is 0 Å². The van der Waals surface area contributed by atoms with Crippen LogP contribution >= 0.6 is 11.6 Å². The predicted molar refractivity (Wildman–Crippen MR) is 64.4 cm³/mol. The Kier molecular flexibility index (Phi) is 3.35. The summed E-state index contributed by atoms with van der Waals surface area (Å²) in [6.45, 7) is 0. The van der Waals surface area contributed by atoms with Crippen LogP contribution in [0.5, 0.6) is 5.75 Å². The monoisotopic (exact) mass is 248 g/mol. The maximum atomic E-state index is 10.7. The molecule has 0 bridgehead atoms. The maximum absolute atomic E-state index is 10.7. The zero-order valence-corrected chi connectivity index (χ0v) is 9.81. The Labute approximate surface area is 103 Å². The molecular weight excluding hydrogens is 240 g/mol. The van der Waals surface area contributed by atoms with Crippen LogP contribution in [0.4, 0.5) is 0 Å². The van der Waals surface area contributed by atoms with Gasteiger partial charge in [-0.3, -0.25) is 4.79 Å². The fourth-order valence-electron chi connectivity index (χ4n) is 1.46. The average molecular weight is 249 g/mol. The van der Waals surface area contributed by atoms with Crippen LogP contribution in [-0.4, -0.2) is 23.4 Å². The van der Waals surface area contributed by atoms with Crippen molar-refractivity contribution in [2.24, 2.45) is 0 Å². The predicted octanol–water partition coefficient (Wildman–Crippen LogP) is 2.62. The van der Waals surface area contributed by atoms with Crippen molar-refractivity contribution in [3.05, 3.63) is 41.3 Å². The van der Waals surface area contributed by atoms with Gasteiger partial charge in [0.05, 0.1) is 12.8 Å². The highest BCUT2D eigenvalue weighted by atomic mass is 35.5. The van der Waals surface area contributed by atoms with E-state index < -0.39 is 0 Å². The largest absolute Gasteiger partial charge is 0.496 e. The van der Waals surface area contributed by atoms with Gasteiger partial charge in [0.2, 0.25) is 0 Å². The van der Waals surface area contributed by atoms with E-state index in [2.05, 4.69) is 9.97 Å². The van der Waals surface area contributed by atoms with Crippen LogP contribution in [0.15, 0.2) is 30.6 Å². The van der Waals surface area contributed by atoms with E-state index in [0.717, 1.165) is 5.56 Å². The second-order valence-electron chi connectivity index (χ2n) is 3.29. The Morgan fingerprint density at radius 1 is 1.29 bits per heavy atom. The number of aldehydes is 1. The first-order valence-corrected chi connectivity index (χ1v) is 5.23. The zero-order valence-electron chi connectivity index (χ0n) is 9.05. The van der Waals surface area contributed by atoms with E-state index in [1.54, 1.807) is 31.4 Å².